The van der Waals surface area contributed by atoms with Crippen LogP contribution in [-0.2, 0) is 0 Å². The number of ether oxygens (including phenoxy) is 1. The van der Waals surface area contributed by atoms with Crippen LogP contribution in [0.4, 0.5) is 0 Å². The number of fused-ring (bicyclic) bond motifs is 3. The van der Waals surface area contributed by atoms with Crippen LogP contribution in [-0.4, -0.2) is 16.5 Å². The van der Waals surface area contributed by atoms with Crippen molar-refractivity contribution in [3.63, 3.8) is 0 Å². The van der Waals surface area contributed by atoms with E-state index in [0.29, 0.717) is 0 Å². The summed E-state index contributed by atoms with van der Waals surface area (Å²) in [7, 11) is 1.69. The van der Waals surface area contributed by atoms with Gasteiger partial charge in [-0.25, -0.2) is 4.98 Å². The van der Waals surface area contributed by atoms with Gasteiger partial charge in [0.05, 0.1) is 23.0 Å². The van der Waals surface area contributed by atoms with Gasteiger partial charge in [-0.15, -0.1) is 17.0 Å². The first-order valence-corrected chi connectivity index (χ1v) is 7.59. The summed E-state index contributed by atoms with van der Waals surface area (Å²) < 4.78 is 8.67. The lowest BCUT2D eigenvalue weighted by Crippen LogP contribution is -1.83. The molecule has 2 heterocycles. The first-order chi connectivity index (χ1) is 10.2. The van der Waals surface area contributed by atoms with Gasteiger partial charge in [0.15, 0.2) is 4.96 Å². The Hall–Kier alpha value is -1.85. The summed E-state index contributed by atoms with van der Waals surface area (Å²) in [6.45, 7) is 2.09. The normalized spacial score (nSPS) is 10.8. The van der Waals surface area contributed by atoms with E-state index in [4.69, 9.17) is 9.72 Å². The van der Waals surface area contributed by atoms with Crippen LogP contribution in [0.1, 0.15) is 5.56 Å². The minimum Gasteiger partial charge on any atom is -0.497 e. The molecule has 0 unspecified atom stereocenters. The van der Waals surface area contributed by atoms with E-state index in [1.54, 1.807) is 18.4 Å². The van der Waals surface area contributed by atoms with Crippen LogP contribution in [0, 0.1) is 6.92 Å². The van der Waals surface area contributed by atoms with Crippen LogP contribution in [0.3, 0.4) is 0 Å². The fourth-order valence-electron chi connectivity index (χ4n) is 2.47. The van der Waals surface area contributed by atoms with Gasteiger partial charge >= 0.3 is 0 Å². The fraction of sp³-hybridized carbons (Fsp3) is 0.118. The molecule has 0 saturated heterocycles. The summed E-state index contributed by atoms with van der Waals surface area (Å²) in [5, 5.41) is 0. The molecule has 4 aromatic rings. The van der Waals surface area contributed by atoms with E-state index in [2.05, 4.69) is 53.9 Å². The van der Waals surface area contributed by atoms with Gasteiger partial charge in [0.1, 0.15) is 5.75 Å². The number of halogens is 1. The standard InChI is InChI=1S/C17H14N2OS.BrH/c1-11-3-5-12(6-4-11)14-10-19-15-9-13(20-2)7-8-16(15)21-17(19)18-14;/h3-10H,1-2H3;1H. The maximum absolute atomic E-state index is 5.32. The molecule has 0 amide bonds. The highest BCUT2D eigenvalue weighted by molar-refractivity contribution is 8.93. The molecule has 3 nitrogen and oxygen atoms in total. The molecule has 0 spiro atoms. The smallest absolute Gasteiger partial charge is 0.195 e. The number of hydrogen-bond acceptors (Lipinski definition) is 3. The van der Waals surface area contributed by atoms with E-state index >= 15 is 0 Å². The van der Waals surface area contributed by atoms with E-state index in [0.717, 1.165) is 27.5 Å². The molecule has 0 N–H and O–H groups in total. The SMILES string of the molecule is Br.COc1ccc2sc3nc(-c4ccc(C)cc4)cn3c2c1. The second-order valence-electron chi connectivity index (χ2n) is 5.08. The molecule has 112 valence electrons. The number of imidazole rings is 1. The average Bonchev–Trinajstić information content (AvgIpc) is 3.05. The fourth-order valence-corrected chi connectivity index (χ4v) is 3.46. The maximum atomic E-state index is 5.32. The first-order valence-electron chi connectivity index (χ1n) is 6.77. The molecule has 0 aliphatic heterocycles. The van der Waals surface area contributed by atoms with Gasteiger partial charge in [0.2, 0.25) is 0 Å². The van der Waals surface area contributed by atoms with Gasteiger partial charge in [-0.3, -0.25) is 4.40 Å². The second kappa shape index (κ2) is 5.74. The van der Waals surface area contributed by atoms with E-state index in [-0.39, 0.29) is 17.0 Å². The third-order valence-corrected chi connectivity index (χ3v) is 4.68. The average molecular weight is 375 g/mol. The van der Waals surface area contributed by atoms with Crippen molar-refractivity contribution in [1.82, 2.24) is 9.38 Å². The molecule has 2 aromatic carbocycles. The Bertz CT molecular complexity index is 941. The third kappa shape index (κ3) is 2.40. The van der Waals surface area contributed by atoms with Gasteiger partial charge < -0.3 is 4.74 Å². The van der Waals surface area contributed by atoms with Crippen LogP contribution >= 0.6 is 28.3 Å². The Morgan fingerprint density at radius 2 is 1.86 bits per heavy atom. The molecule has 0 atom stereocenters. The Morgan fingerprint density at radius 1 is 1.09 bits per heavy atom. The highest BCUT2D eigenvalue weighted by Gasteiger charge is 2.10. The molecule has 0 aliphatic carbocycles. The van der Waals surface area contributed by atoms with E-state index < -0.39 is 0 Å². The van der Waals surface area contributed by atoms with Crippen molar-refractivity contribution in [2.75, 3.05) is 7.11 Å². The number of hydrogen-bond donors (Lipinski definition) is 0. The van der Waals surface area contributed by atoms with Gasteiger partial charge in [-0.05, 0) is 19.1 Å². The number of rotatable bonds is 2. The minimum atomic E-state index is 0. The summed E-state index contributed by atoms with van der Waals surface area (Å²) in [6.07, 6.45) is 2.10. The highest BCUT2D eigenvalue weighted by atomic mass is 79.9. The Balaban J connectivity index is 0.00000144. The largest absolute Gasteiger partial charge is 0.497 e. The molecular weight excluding hydrogens is 360 g/mol. The molecule has 0 saturated carbocycles. The zero-order valence-electron chi connectivity index (χ0n) is 12.2. The van der Waals surface area contributed by atoms with Crippen molar-refractivity contribution in [3.8, 4) is 17.0 Å². The van der Waals surface area contributed by atoms with Crippen molar-refractivity contribution in [2.45, 2.75) is 6.92 Å². The van der Waals surface area contributed by atoms with Crippen LogP contribution in [0.15, 0.2) is 48.7 Å². The van der Waals surface area contributed by atoms with Crippen molar-refractivity contribution in [3.05, 3.63) is 54.2 Å². The number of methoxy groups -OCH3 is 1. The molecule has 0 radical (unpaired) electrons. The van der Waals surface area contributed by atoms with Crippen LogP contribution < -0.4 is 4.74 Å². The lowest BCUT2D eigenvalue weighted by Gasteiger charge is -1.99. The Kier molecular flexibility index (Phi) is 3.93. The number of thiazole rings is 1. The lowest BCUT2D eigenvalue weighted by atomic mass is 10.1. The van der Waals surface area contributed by atoms with Gasteiger partial charge in [0.25, 0.3) is 0 Å². The summed E-state index contributed by atoms with van der Waals surface area (Å²) in [6, 6.07) is 14.6. The van der Waals surface area contributed by atoms with Crippen molar-refractivity contribution < 1.29 is 4.74 Å². The summed E-state index contributed by atoms with van der Waals surface area (Å²) in [5.74, 6) is 0.868. The zero-order chi connectivity index (χ0) is 14.4. The summed E-state index contributed by atoms with van der Waals surface area (Å²) in [5.41, 5.74) is 4.55. The van der Waals surface area contributed by atoms with Crippen LogP contribution in [0.2, 0.25) is 0 Å². The first kappa shape index (κ1) is 15.1. The van der Waals surface area contributed by atoms with Crippen LogP contribution in [0.25, 0.3) is 26.4 Å². The zero-order valence-corrected chi connectivity index (χ0v) is 14.8. The highest BCUT2D eigenvalue weighted by Crippen LogP contribution is 2.31. The van der Waals surface area contributed by atoms with Gasteiger partial charge in [-0.2, -0.15) is 0 Å². The predicted octanol–water partition coefficient (Wildman–Crippen LogP) is 5.11. The van der Waals surface area contributed by atoms with Crippen molar-refractivity contribution in [2.24, 2.45) is 0 Å². The molecule has 22 heavy (non-hydrogen) atoms. The maximum Gasteiger partial charge on any atom is 0.195 e. The third-order valence-electron chi connectivity index (χ3n) is 3.65. The predicted molar refractivity (Wildman–Crippen MR) is 97.6 cm³/mol. The Labute approximate surface area is 143 Å². The lowest BCUT2D eigenvalue weighted by molar-refractivity contribution is 0.415. The van der Waals surface area contributed by atoms with Crippen LogP contribution in [0.5, 0.6) is 5.75 Å². The summed E-state index contributed by atoms with van der Waals surface area (Å²) in [4.78, 5) is 5.75. The van der Waals surface area contributed by atoms with Gasteiger partial charge in [-0.1, -0.05) is 41.2 Å². The Morgan fingerprint density at radius 3 is 2.59 bits per heavy atom. The number of nitrogens with zero attached hydrogens (tertiary/aromatic N) is 2. The monoisotopic (exact) mass is 374 g/mol. The molecular formula is C17H15BrN2OS. The molecule has 0 fully saturated rings. The molecule has 4 rings (SSSR count). The number of aryl methyl sites for hydroxylation is 1. The molecule has 0 aliphatic rings. The number of aromatic nitrogens is 2. The topological polar surface area (TPSA) is 26.5 Å². The molecule has 2 aromatic heterocycles. The van der Waals surface area contributed by atoms with Crippen molar-refractivity contribution in [1.29, 1.82) is 0 Å². The van der Waals surface area contributed by atoms with E-state index in [1.807, 2.05) is 6.07 Å². The number of benzene rings is 2. The van der Waals surface area contributed by atoms with Gasteiger partial charge in [0, 0.05) is 17.8 Å². The van der Waals surface area contributed by atoms with Crippen molar-refractivity contribution >= 4 is 43.5 Å². The molecule has 0 bridgehead atoms. The molecule has 5 heteroatoms. The second-order valence-corrected chi connectivity index (χ2v) is 6.09. The quantitative estimate of drug-likeness (QED) is 0.487. The summed E-state index contributed by atoms with van der Waals surface area (Å²) >= 11 is 1.70. The van der Waals surface area contributed by atoms with E-state index in [1.165, 1.54) is 10.3 Å². The van der Waals surface area contributed by atoms with E-state index in [9.17, 15) is 0 Å². The minimum absolute atomic E-state index is 0.